The van der Waals surface area contributed by atoms with Crippen molar-refractivity contribution in [2.75, 3.05) is 24.2 Å². The molecule has 0 saturated carbocycles. The highest BCUT2D eigenvalue weighted by Crippen LogP contribution is 2.27. The van der Waals surface area contributed by atoms with Crippen molar-refractivity contribution >= 4 is 21.6 Å². The molecule has 7 heteroatoms. The number of nitrogens with one attached hydrogen (secondary N) is 1. The van der Waals surface area contributed by atoms with Crippen molar-refractivity contribution in [3.63, 3.8) is 0 Å². The number of carbonyl (C=O) groups is 1. The highest BCUT2D eigenvalue weighted by molar-refractivity contribution is 7.92. The first-order valence-corrected chi connectivity index (χ1v) is 10.0. The van der Waals surface area contributed by atoms with E-state index in [9.17, 15) is 13.2 Å². The molecule has 0 spiro atoms. The molecule has 0 saturated heterocycles. The summed E-state index contributed by atoms with van der Waals surface area (Å²) >= 11 is 0. The summed E-state index contributed by atoms with van der Waals surface area (Å²) in [5.74, 6) is 0.281. The van der Waals surface area contributed by atoms with Gasteiger partial charge in [0.2, 0.25) is 15.9 Å². The fourth-order valence-corrected chi connectivity index (χ4v) is 3.92. The summed E-state index contributed by atoms with van der Waals surface area (Å²) < 4.78 is 30.4. The summed E-state index contributed by atoms with van der Waals surface area (Å²) in [7, 11) is -2.06. The van der Waals surface area contributed by atoms with Gasteiger partial charge < -0.3 is 10.1 Å². The van der Waals surface area contributed by atoms with Gasteiger partial charge in [0, 0.05) is 5.54 Å². The first kappa shape index (κ1) is 21.3. The number of hydrogen-bond donors (Lipinski definition) is 1. The number of rotatable bonds is 7. The third kappa shape index (κ3) is 7.34. The lowest BCUT2D eigenvalue weighted by atomic mass is 9.82. The number of methoxy groups -OCH3 is 1. The highest BCUT2D eigenvalue weighted by atomic mass is 32.2. The molecular weight excluding hydrogens is 340 g/mol. The van der Waals surface area contributed by atoms with Crippen LogP contribution < -0.4 is 14.4 Å². The lowest BCUT2D eigenvalue weighted by molar-refractivity contribution is -0.121. The van der Waals surface area contributed by atoms with Crippen molar-refractivity contribution in [2.24, 2.45) is 5.41 Å². The van der Waals surface area contributed by atoms with E-state index in [1.54, 1.807) is 24.3 Å². The van der Waals surface area contributed by atoms with Crippen molar-refractivity contribution in [2.45, 2.75) is 46.6 Å². The Bertz CT molecular complexity index is 689. The van der Waals surface area contributed by atoms with Gasteiger partial charge in [0.15, 0.2) is 0 Å². The lowest BCUT2D eigenvalue weighted by Gasteiger charge is -2.34. The van der Waals surface area contributed by atoms with Crippen LogP contribution in [0.3, 0.4) is 0 Å². The van der Waals surface area contributed by atoms with Gasteiger partial charge in [-0.2, -0.15) is 0 Å². The van der Waals surface area contributed by atoms with Crippen LogP contribution in [-0.2, 0) is 14.8 Å². The second-order valence-electron chi connectivity index (χ2n) is 8.14. The predicted molar refractivity (Wildman–Crippen MR) is 101 cm³/mol. The quantitative estimate of drug-likeness (QED) is 0.801. The van der Waals surface area contributed by atoms with Crippen LogP contribution >= 0.6 is 0 Å². The SMILES string of the molecule is COc1ccc(N(CC(=O)NC(C)(C)CC(C)(C)C)S(C)(=O)=O)cc1. The van der Waals surface area contributed by atoms with Crippen LogP contribution in [0.1, 0.15) is 41.0 Å². The first-order valence-electron chi connectivity index (χ1n) is 8.16. The molecule has 1 aromatic rings. The minimum absolute atomic E-state index is 0.0449. The molecule has 0 bridgehead atoms. The number of sulfonamides is 1. The van der Waals surface area contributed by atoms with Crippen LogP contribution in [0.15, 0.2) is 24.3 Å². The number of nitrogens with zero attached hydrogens (tertiary/aromatic N) is 1. The molecular formula is C18H30N2O4S. The van der Waals surface area contributed by atoms with Crippen LogP contribution in [0, 0.1) is 5.41 Å². The van der Waals surface area contributed by atoms with Gasteiger partial charge in [0.05, 0.1) is 19.1 Å². The Balaban J connectivity index is 2.94. The van der Waals surface area contributed by atoms with Crippen molar-refractivity contribution < 1.29 is 17.9 Å². The number of amides is 1. The third-order valence-corrected chi connectivity index (χ3v) is 4.64. The average molecular weight is 371 g/mol. The number of anilines is 1. The van der Waals surface area contributed by atoms with Crippen molar-refractivity contribution in [1.29, 1.82) is 0 Å². The van der Waals surface area contributed by atoms with E-state index in [-0.39, 0.29) is 17.9 Å². The van der Waals surface area contributed by atoms with Crippen LogP contribution in [-0.4, -0.2) is 39.8 Å². The molecule has 0 fully saturated rings. The van der Waals surface area contributed by atoms with E-state index in [1.807, 2.05) is 13.8 Å². The molecule has 0 aliphatic rings. The van der Waals surface area contributed by atoms with Gasteiger partial charge in [-0.1, -0.05) is 20.8 Å². The molecule has 0 radical (unpaired) electrons. The molecule has 0 atom stereocenters. The zero-order valence-corrected chi connectivity index (χ0v) is 17.0. The molecule has 142 valence electrons. The molecule has 1 amide bonds. The van der Waals surface area contributed by atoms with Gasteiger partial charge in [0.1, 0.15) is 12.3 Å². The summed E-state index contributed by atoms with van der Waals surface area (Å²) in [6.45, 7) is 9.91. The second kappa shape index (κ2) is 7.64. The van der Waals surface area contributed by atoms with E-state index in [2.05, 4.69) is 26.1 Å². The Labute approximate surface area is 151 Å². The van der Waals surface area contributed by atoms with Crippen LogP contribution in [0.25, 0.3) is 0 Å². The van der Waals surface area contributed by atoms with Crippen molar-refractivity contribution in [3.05, 3.63) is 24.3 Å². The normalized spacial score (nSPS) is 12.6. The number of benzene rings is 1. The maximum Gasteiger partial charge on any atom is 0.241 e. The van der Waals surface area contributed by atoms with E-state index in [1.165, 1.54) is 7.11 Å². The van der Waals surface area contributed by atoms with Gasteiger partial charge in [0.25, 0.3) is 0 Å². The second-order valence-corrected chi connectivity index (χ2v) is 10.0. The third-order valence-electron chi connectivity index (χ3n) is 3.50. The van der Waals surface area contributed by atoms with Gasteiger partial charge in [-0.15, -0.1) is 0 Å². The Kier molecular flexibility index (Phi) is 6.50. The number of ether oxygens (including phenoxy) is 1. The molecule has 1 aromatic carbocycles. The first-order chi connectivity index (χ1) is 11.2. The lowest BCUT2D eigenvalue weighted by Crippen LogP contribution is -2.50. The molecule has 0 heterocycles. The van der Waals surface area contributed by atoms with E-state index < -0.39 is 15.6 Å². The standard InChI is InChI=1S/C18H30N2O4S/c1-17(2,3)13-18(4,5)19-16(21)12-20(25(7,22)23)14-8-10-15(24-6)11-9-14/h8-11H,12-13H2,1-7H3,(H,19,21). The smallest absolute Gasteiger partial charge is 0.241 e. The maximum atomic E-state index is 12.5. The van der Waals surface area contributed by atoms with Crippen molar-refractivity contribution in [3.8, 4) is 5.75 Å². The molecule has 0 unspecified atom stereocenters. The summed E-state index contributed by atoms with van der Waals surface area (Å²) in [5, 5.41) is 2.94. The zero-order valence-electron chi connectivity index (χ0n) is 16.2. The van der Waals surface area contributed by atoms with Gasteiger partial charge in [-0.05, 0) is 49.9 Å². The number of hydrogen-bond acceptors (Lipinski definition) is 4. The fourth-order valence-electron chi connectivity index (χ4n) is 3.07. The van der Waals surface area contributed by atoms with E-state index in [0.717, 1.165) is 17.0 Å². The van der Waals surface area contributed by atoms with E-state index in [4.69, 9.17) is 4.74 Å². The molecule has 6 nitrogen and oxygen atoms in total. The van der Waals surface area contributed by atoms with Crippen LogP contribution in [0.4, 0.5) is 5.69 Å². The fraction of sp³-hybridized carbons (Fsp3) is 0.611. The van der Waals surface area contributed by atoms with E-state index >= 15 is 0 Å². The number of carbonyl (C=O) groups excluding carboxylic acids is 1. The topological polar surface area (TPSA) is 75.7 Å². The zero-order chi connectivity index (χ0) is 19.5. The Morgan fingerprint density at radius 2 is 1.64 bits per heavy atom. The summed E-state index contributed by atoms with van der Waals surface area (Å²) in [4.78, 5) is 12.5. The molecule has 1 N–H and O–H groups in total. The monoisotopic (exact) mass is 370 g/mol. The van der Waals surface area contributed by atoms with Crippen LogP contribution in [0.5, 0.6) is 5.75 Å². The molecule has 0 aliphatic heterocycles. The van der Waals surface area contributed by atoms with Crippen molar-refractivity contribution in [1.82, 2.24) is 5.32 Å². The van der Waals surface area contributed by atoms with Crippen LogP contribution in [0.2, 0.25) is 0 Å². The highest BCUT2D eigenvalue weighted by Gasteiger charge is 2.29. The Morgan fingerprint density at radius 3 is 2.04 bits per heavy atom. The molecule has 1 rings (SSSR count). The van der Waals surface area contributed by atoms with Gasteiger partial charge in [-0.3, -0.25) is 9.10 Å². The molecule has 0 aromatic heterocycles. The average Bonchev–Trinajstić information content (AvgIpc) is 2.40. The minimum atomic E-state index is -3.59. The summed E-state index contributed by atoms with van der Waals surface area (Å²) in [6.07, 6.45) is 1.86. The predicted octanol–water partition coefficient (Wildman–Crippen LogP) is 2.79. The van der Waals surface area contributed by atoms with E-state index in [0.29, 0.717) is 11.4 Å². The Morgan fingerprint density at radius 1 is 1.12 bits per heavy atom. The summed E-state index contributed by atoms with van der Waals surface area (Å²) in [5.41, 5.74) is 0.0360. The molecule has 25 heavy (non-hydrogen) atoms. The maximum absolute atomic E-state index is 12.5. The molecule has 0 aliphatic carbocycles. The largest absolute Gasteiger partial charge is 0.497 e. The van der Waals surface area contributed by atoms with Gasteiger partial charge in [-0.25, -0.2) is 8.42 Å². The van der Waals surface area contributed by atoms with Gasteiger partial charge >= 0.3 is 0 Å². The Hall–Kier alpha value is -1.76. The minimum Gasteiger partial charge on any atom is -0.497 e. The summed E-state index contributed by atoms with van der Waals surface area (Å²) in [6, 6.07) is 6.56.